The molecular formula is C17H26N2O4S. The lowest BCUT2D eigenvalue weighted by molar-refractivity contribution is -0.131. The summed E-state index contributed by atoms with van der Waals surface area (Å²) in [5.41, 5.74) is 1.14. The van der Waals surface area contributed by atoms with Crippen molar-refractivity contribution in [2.45, 2.75) is 25.8 Å². The molecule has 24 heavy (non-hydrogen) atoms. The topological polar surface area (TPSA) is 75.7 Å². The fourth-order valence-electron chi connectivity index (χ4n) is 3.02. The van der Waals surface area contributed by atoms with E-state index in [4.69, 9.17) is 4.74 Å². The molecule has 1 atom stereocenters. The van der Waals surface area contributed by atoms with E-state index in [9.17, 15) is 13.2 Å². The molecule has 0 bridgehead atoms. The van der Waals surface area contributed by atoms with E-state index in [1.165, 1.54) is 0 Å². The molecule has 0 aromatic heterocycles. The van der Waals surface area contributed by atoms with Crippen LogP contribution >= 0.6 is 0 Å². The maximum absolute atomic E-state index is 12.3. The summed E-state index contributed by atoms with van der Waals surface area (Å²) < 4.78 is 28.4. The predicted octanol–water partition coefficient (Wildman–Crippen LogP) is 0.863. The number of carbonyl (C=O) groups is 1. The first-order valence-corrected chi connectivity index (χ1v) is 10.1. The Balaban J connectivity index is 1.77. The highest BCUT2D eigenvalue weighted by Crippen LogP contribution is 2.17. The van der Waals surface area contributed by atoms with Crippen LogP contribution in [-0.2, 0) is 21.1 Å². The fourth-order valence-corrected chi connectivity index (χ4v) is 4.75. The van der Waals surface area contributed by atoms with Gasteiger partial charge in [-0.1, -0.05) is 12.1 Å². The smallest absolute Gasteiger partial charge is 0.236 e. The molecule has 1 amide bonds. The molecule has 0 spiro atoms. The Morgan fingerprint density at radius 1 is 1.42 bits per heavy atom. The molecule has 1 aromatic carbocycles. The molecule has 7 heteroatoms. The summed E-state index contributed by atoms with van der Waals surface area (Å²) in [5.74, 6) is 1.06. The molecule has 1 aliphatic heterocycles. The highest BCUT2D eigenvalue weighted by atomic mass is 32.2. The Bertz CT molecular complexity index is 660. The molecule has 1 fully saturated rings. The predicted molar refractivity (Wildman–Crippen MR) is 94.0 cm³/mol. The summed E-state index contributed by atoms with van der Waals surface area (Å²) in [6.07, 6.45) is 1.35. The zero-order valence-corrected chi connectivity index (χ0v) is 15.1. The zero-order chi connectivity index (χ0) is 17.6. The standard InChI is InChI=1S/C17H26N2O4S/c1-3-19(15-8-10-24(21,22)13-15)17(20)12-18-9-7-14-5-4-6-16(11-14)23-2/h4-6,11,15,18H,3,7-10,12-13H2,1-2H3. The summed E-state index contributed by atoms with van der Waals surface area (Å²) >= 11 is 0. The highest BCUT2D eigenvalue weighted by molar-refractivity contribution is 7.91. The van der Waals surface area contributed by atoms with E-state index in [1.807, 2.05) is 31.2 Å². The van der Waals surface area contributed by atoms with Crippen LogP contribution in [0.25, 0.3) is 0 Å². The number of benzene rings is 1. The minimum Gasteiger partial charge on any atom is -0.497 e. The van der Waals surface area contributed by atoms with Crippen LogP contribution in [-0.4, -0.2) is 63.5 Å². The van der Waals surface area contributed by atoms with Crippen LogP contribution < -0.4 is 10.1 Å². The first-order valence-electron chi connectivity index (χ1n) is 8.28. The molecular weight excluding hydrogens is 328 g/mol. The van der Waals surface area contributed by atoms with Gasteiger partial charge in [-0.2, -0.15) is 0 Å². The minimum absolute atomic E-state index is 0.0368. The molecule has 0 saturated carbocycles. The van der Waals surface area contributed by atoms with Crippen molar-refractivity contribution in [2.24, 2.45) is 0 Å². The Hall–Kier alpha value is -1.60. The summed E-state index contributed by atoms with van der Waals surface area (Å²) in [6.45, 7) is 3.34. The number of rotatable bonds is 8. The molecule has 134 valence electrons. The Morgan fingerprint density at radius 3 is 2.83 bits per heavy atom. The van der Waals surface area contributed by atoms with E-state index in [0.29, 0.717) is 19.5 Å². The van der Waals surface area contributed by atoms with Crippen molar-refractivity contribution in [3.05, 3.63) is 29.8 Å². The average Bonchev–Trinajstić information content (AvgIpc) is 2.92. The maximum atomic E-state index is 12.3. The van der Waals surface area contributed by atoms with Crippen molar-refractivity contribution in [1.29, 1.82) is 0 Å². The highest BCUT2D eigenvalue weighted by Gasteiger charge is 2.33. The van der Waals surface area contributed by atoms with Gasteiger partial charge in [-0.25, -0.2) is 8.42 Å². The van der Waals surface area contributed by atoms with Crippen LogP contribution in [0.1, 0.15) is 18.9 Å². The van der Waals surface area contributed by atoms with Gasteiger partial charge < -0.3 is 15.0 Å². The van der Waals surface area contributed by atoms with Crippen molar-refractivity contribution in [2.75, 3.05) is 38.2 Å². The number of methoxy groups -OCH3 is 1. The largest absolute Gasteiger partial charge is 0.497 e. The second-order valence-electron chi connectivity index (χ2n) is 6.01. The van der Waals surface area contributed by atoms with Crippen LogP contribution in [0.4, 0.5) is 0 Å². The molecule has 2 rings (SSSR count). The summed E-state index contributed by atoms with van der Waals surface area (Å²) in [7, 11) is -1.34. The van der Waals surface area contributed by atoms with E-state index in [0.717, 1.165) is 17.7 Å². The molecule has 0 radical (unpaired) electrons. The number of nitrogens with zero attached hydrogens (tertiary/aromatic N) is 1. The number of hydrogen-bond donors (Lipinski definition) is 1. The van der Waals surface area contributed by atoms with Gasteiger partial charge in [0, 0.05) is 12.6 Å². The lowest BCUT2D eigenvalue weighted by Crippen LogP contribution is -2.45. The molecule has 1 N–H and O–H groups in total. The van der Waals surface area contributed by atoms with Crippen LogP contribution in [0, 0.1) is 0 Å². The van der Waals surface area contributed by atoms with Crippen LogP contribution in [0.15, 0.2) is 24.3 Å². The van der Waals surface area contributed by atoms with Gasteiger partial charge >= 0.3 is 0 Å². The van der Waals surface area contributed by atoms with Gasteiger partial charge in [0.05, 0.1) is 25.2 Å². The molecule has 6 nitrogen and oxygen atoms in total. The molecule has 0 aliphatic carbocycles. The Labute approximate surface area is 144 Å². The van der Waals surface area contributed by atoms with Gasteiger partial charge in [0.1, 0.15) is 5.75 Å². The van der Waals surface area contributed by atoms with Crippen molar-refractivity contribution in [1.82, 2.24) is 10.2 Å². The van der Waals surface area contributed by atoms with E-state index < -0.39 is 9.84 Å². The first kappa shape index (κ1) is 18.7. The van der Waals surface area contributed by atoms with Crippen molar-refractivity contribution in [3.63, 3.8) is 0 Å². The van der Waals surface area contributed by atoms with Crippen molar-refractivity contribution in [3.8, 4) is 5.75 Å². The normalized spacial score (nSPS) is 19.2. The second-order valence-corrected chi connectivity index (χ2v) is 8.24. The van der Waals surface area contributed by atoms with Gasteiger partial charge in [-0.3, -0.25) is 4.79 Å². The Kier molecular flexibility index (Phi) is 6.62. The second kappa shape index (κ2) is 8.48. The number of likely N-dealkylation sites (N-methyl/N-ethyl adjacent to an activating group) is 1. The summed E-state index contributed by atoms with van der Waals surface area (Å²) in [5, 5.41) is 3.15. The number of carbonyl (C=O) groups excluding carboxylic acids is 1. The molecule has 1 aliphatic rings. The van der Waals surface area contributed by atoms with E-state index >= 15 is 0 Å². The Morgan fingerprint density at radius 2 is 2.21 bits per heavy atom. The SMILES string of the molecule is CCN(C(=O)CNCCc1cccc(OC)c1)C1CCS(=O)(=O)C1. The van der Waals surface area contributed by atoms with E-state index in [1.54, 1.807) is 12.0 Å². The number of sulfone groups is 1. The van der Waals surface area contributed by atoms with Gasteiger partial charge in [0.15, 0.2) is 9.84 Å². The van der Waals surface area contributed by atoms with Gasteiger partial charge in [-0.15, -0.1) is 0 Å². The van der Waals surface area contributed by atoms with E-state index in [-0.39, 0.29) is 30.0 Å². The summed E-state index contributed by atoms with van der Waals surface area (Å²) in [6, 6.07) is 7.67. The molecule has 1 saturated heterocycles. The quantitative estimate of drug-likeness (QED) is 0.701. The molecule has 1 aromatic rings. The number of nitrogens with one attached hydrogen (secondary N) is 1. The molecule has 1 unspecified atom stereocenters. The number of ether oxygens (including phenoxy) is 1. The minimum atomic E-state index is -2.98. The average molecular weight is 354 g/mol. The number of hydrogen-bond acceptors (Lipinski definition) is 5. The van der Waals surface area contributed by atoms with Crippen molar-refractivity contribution >= 4 is 15.7 Å². The lowest BCUT2D eigenvalue weighted by atomic mass is 10.1. The van der Waals surface area contributed by atoms with Gasteiger partial charge in [0.2, 0.25) is 5.91 Å². The van der Waals surface area contributed by atoms with Crippen LogP contribution in [0.2, 0.25) is 0 Å². The third-order valence-electron chi connectivity index (χ3n) is 4.31. The maximum Gasteiger partial charge on any atom is 0.236 e. The summed E-state index contributed by atoms with van der Waals surface area (Å²) in [4.78, 5) is 14.0. The van der Waals surface area contributed by atoms with Crippen LogP contribution in [0.3, 0.4) is 0 Å². The monoisotopic (exact) mass is 354 g/mol. The van der Waals surface area contributed by atoms with Gasteiger partial charge in [-0.05, 0) is 44.0 Å². The molecule has 1 heterocycles. The number of amides is 1. The van der Waals surface area contributed by atoms with Crippen molar-refractivity contribution < 1.29 is 17.9 Å². The third kappa shape index (κ3) is 5.21. The third-order valence-corrected chi connectivity index (χ3v) is 6.06. The van der Waals surface area contributed by atoms with Gasteiger partial charge in [0.25, 0.3) is 0 Å². The lowest BCUT2D eigenvalue weighted by Gasteiger charge is -2.27. The zero-order valence-electron chi connectivity index (χ0n) is 14.3. The van der Waals surface area contributed by atoms with Crippen LogP contribution in [0.5, 0.6) is 5.75 Å². The fraction of sp³-hybridized carbons (Fsp3) is 0.588. The van der Waals surface area contributed by atoms with E-state index in [2.05, 4.69) is 5.32 Å². The first-order chi connectivity index (χ1) is 11.4.